The molecule has 17 heavy (non-hydrogen) atoms. The molecule has 0 aromatic heterocycles. The van der Waals surface area contributed by atoms with E-state index in [0.717, 1.165) is 17.9 Å². The third kappa shape index (κ3) is 3.47. The molecular formula is C16H15Cl. The van der Waals surface area contributed by atoms with Crippen LogP contribution in [0.4, 0.5) is 0 Å². The summed E-state index contributed by atoms with van der Waals surface area (Å²) in [6, 6.07) is 19.0. The summed E-state index contributed by atoms with van der Waals surface area (Å²) in [6.45, 7) is 3.70. The Morgan fingerprint density at radius 1 is 0.882 bits per heavy atom. The minimum absolute atomic E-state index is 0.720. The van der Waals surface area contributed by atoms with E-state index in [1.165, 1.54) is 16.7 Å². The van der Waals surface area contributed by atoms with Crippen molar-refractivity contribution in [2.45, 2.75) is 12.8 Å². The van der Waals surface area contributed by atoms with E-state index >= 15 is 0 Å². The first kappa shape index (κ1) is 11.9. The Labute approximate surface area is 108 Å². The van der Waals surface area contributed by atoms with Crippen LogP contribution in [0, 0.1) is 0 Å². The fourth-order valence-corrected chi connectivity index (χ4v) is 1.87. The van der Waals surface area contributed by atoms with Crippen molar-refractivity contribution in [1.29, 1.82) is 0 Å². The summed E-state index contributed by atoms with van der Waals surface area (Å²) in [5.74, 6) is 0. The molecule has 0 unspecified atom stereocenters. The van der Waals surface area contributed by atoms with Crippen LogP contribution in [-0.4, -0.2) is 0 Å². The number of halogens is 1. The van der Waals surface area contributed by atoms with Gasteiger partial charge in [0.25, 0.3) is 0 Å². The van der Waals surface area contributed by atoms with Crippen LogP contribution >= 0.6 is 11.6 Å². The molecule has 0 nitrogen and oxygen atoms in total. The third-order valence-corrected chi connectivity index (χ3v) is 2.93. The number of hydrogen-bond acceptors (Lipinski definition) is 0. The molecule has 2 aromatic rings. The fourth-order valence-electron chi connectivity index (χ4n) is 1.77. The van der Waals surface area contributed by atoms with Crippen molar-refractivity contribution < 1.29 is 0 Å². The Hall–Kier alpha value is -1.53. The molecule has 0 heterocycles. The highest BCUT2D eigenvalue weighted by atomic mass is 35.5. The molecule has 0 saturated carbocycles. The van der Waals surface area contributed by atoms with E-state index < -0.39 is 0 Å². The van der Waals surface area contributed by atoms with Gasteiger partial charge in [0.2, 0.25) is 0 Å². The van der Waals surface area contributed by atoms with Crippen LogP contribution < -0.4 is 0 Å². The second-order valence-electron chi connectivity index (χ2n) is 4.08. The molecule has 86 valence electrons. The van der Waals surface area contributed by atoms with Crippen LogP contribution in [0.15, 0.2) is 66.2 Å². The first-order chi connectivity index (χ1) is 8.25. The molecule has 2 aromatic carbocycles. The molecule has 0 aliphatic rings. The summed E-state index contributed by atoms with van der Waals surface area (Å²) in [6.07, 6.45) is 1.80. The first-order valence-electron chi connectivity index (χ1n) is 5.73. The van der Waals surface area contributed by atoms with E-state index in [4.69, 9.17) is 11.6 Å². The van der Waals surface area contributed by atoms with Gasteiger partial charge in [-0.2, -0.15) is 0 Å². The standard InChI is InChI=1S/C16H15Cl/c1-13(17)7-8-14-9-11-16(12-10-14)15-5-3-2-4-6-15/h2-6,9-12H,1,7-8H2. The van der Waals surface area contributed by atoms with E-state index in [0.29, 0.717) is 0 Å². The summed E-state index contributed by atoms with van der Waals surface area (Å²) in [7, 11) is 0. The van der Waals surface area contributed by atoms with Gasteiger partial charge in [-0.15, -0.1) is 0 Å². The zero-order chi connectivity index (χ0) is 12.1. The van der Waals surface area contributed by atoms with Crippen molar-refractivity contribution in [1.82, 2.24) is 0 Å². The topological polar surface area (TPSA) is 0 Å². The maximum Gasteiger partial charge on any atom is 0.0112 e. The molecule has 0 amide bonds. The van der Waals surface area contributed by atoms with E-state index in [-0.39, 0.29) is 0 Å². The van der Waals surface area contributed by atoms with Gasteiger partial charge in [0.05, 0.1) is 0 Å². The molecule has 0 saturated heterocycles. The Kier molecular flexibility index (Phi) is 4.00. The largest absolute Gasteiger partial charge is 0.0898 e. The molecule has 0 fully saturated rings. The van der Waals surface area contributed by atoms with Crippen molar-refractivity contribution in [2.75, 3.05) is 0 Å². The van der Waals surface area contributed by atoms with Gasteiger partial charge >= 0.3 is 0 Å². The van der Waals surface area contributed by atoms with Crippen molar-refractivity contribution in [3.05, 3.63) is 71.8 Å². The lowest BCUT2D eigenvalue weighted by Crippen LogP contribution is -1.85. The van der Waals surface area contributed by atoms with Gasteiger partial charge in [-0.05, 0) is 29.5 Å². The highest BCUT2D eigenvalue weighted by molar-refractivity contribution is 6.29. The van der Waals surface area contributed by atoms with Gasteiger partial charge in [-0.3, -0.25) is 0 Å². The van der Waals surface area contributed by atoms with E-state index in [1.54, 1.807) is 0 Å². The molecule has 0 aliphatic heterocycles. The second kappa shape index (κ2) is 5.70. The van der Waals surface area contributed by atoms with E-state index in [2.05, 4.69) is 55.1 Å². The zero-order valence-corrected chi connectivity index (χ0v) is 10.5. The Balaban J connectivity index is 2.11. The Morgan fingerprint density at radius 2 is 1.47 bits per heavy atom. The van der Waals surface area contributed by atoms with Crippen LogP contribution in [0.25, 0.3) is 11.1 Å². The van der Waals surface area contributed by atoms with Crippen LogP contribution in [0.2, 0.25) is 0 Å². The van der Waals surface area contributed by atoms with Crippen LogP contribution in [0.1, 0.15) is 12.0 Å². The molecular weight excluding hydrogens is 228 g/mol. The van der Waals surface area contributed by atoms with Crippen molar-refractivity contribution in [3.63, 3.8) is 0 Å². The van der Waals surface area contributed by atoms with Crippen molar-refractivity contribution in [3.8, 4) is 11.1 Å². The number of hydrogen-bond donors (Lipinski definition) is 0. The maximum absolute atomic E-state index is 5.76. The van der Waals surface area contributed by atoms with Gasteiger partial charge < -0.3 is 0 Å². The predicted molar refractivity (Wildman–Crippen MR) is 75.2 cm³/mol. The van der Waals surface area contributed by atoms with Gasteiger partial charge in [-0.1, -0.05) is 72.8 Å². The lowest BCUT2D eigenvalue weighted by atomic mass is 10.0. The second-order valence-corrected chi connectivity index (χ2v) is 4.61. The van der Waals surface area contributed by atoms with Gasteiger partial charge in [0.15, 0.2) is 0 Å². The van der Waals surface area contributed by atoms with Crippen molar-refractivity contribution >= 4 is 11.6 Å². The normalized spacial score (nSPS) is 10.2. The SMILES string of the molecule is C=C(Cl)CCc1ccc(-c2ccccc2)cc1. The zero-order valence-electron chi connectivity index (χ0n) is 9.70. The molecule has 0 N–H and O–H groups in total. The van der Waals surface area contributed by atoms with E-state index in [9.17, 15) is 0 Å². The summed E-state index contributed by atoms with van der Waals surface area (Å²) in [5, 5.41) is 0.720. The highest BCUT2D eigenvalue weighted by Crippen LogP contribution is 2.20. The molecule has 0 aliphatic carbocycles. The molecule has 0 radical (unpaired) electrons. The molecule has 0 spiro atoms. The van der Waals surface area contributed by atoms with Crippen molar-refractivity contribution in [2.24, 2.45) is 0 Å². The summed E-state index contributed by atoms with van der Waals surface area (Å²) < 4.78 is 0. The minimum Gasteiger partial charge on any atom is -0.0898 e. The highest BCUT2D eigenvalue weighted by Gasteiger charge is 1.98. The summed E-state index contributed by atoms with van der Waals surface area (Å²) in [5.41, 5.74) is 3.80. The first-order valence-corrected chi connectivity index (χ1v) is 6.11. The van der Waals surface area contributed by atoms with Crippen LogP contribution in [-0.2, 0) is 6.42 Å². The van der Waals surface area contributed by atoms with Crippen LogP contribution in [0.5, 0.6) is 0 Å². The molecule has 1 heteroatoms. The van der Waals surface area contributed by atoms with Gasteiger partial charge in [0.1, 0.15) is 0 Å². The number of allylic oxidation sites excluding steroid dienone is 1. The fraction of sp³-hybridized carbons (Fsp3) is 0.125. The molecule has 0 bridgehead atoms. The summed E-state index contributed by atoms with van der Waals surface area (Å²) >= 11 is 5.76. The maximum atomic E-state index is 5.76. The van der Waals surface area contributed by atoms with Crippen LogP contribution in [0.3, 0.4) is 0 Å². The summed E-state index contributed by atoms with van der Waals surface area (Å²) in [4.78, 5) is 0. The quantitative estimate of drug-likeness (QED) is 0.705. The average molecular weight is 243 g/mol. The van der Waals surface area contributed by atoms with E-state index in [1.807, 2.05) is 6.07 Å². The Morgan fingerprint density at radius 3 is 2.06 bits per heavy atom. The number of benzene rings is 2. The smallest absolute Gasteiger partial charge is 0.0112 e. The molecule has 0 atom stereocenters. The third-order valence-electron chi connectivity index (χ3n) is 2.75. The lowest BCUT2D eigenvalue weighted by molar-refractivity contribution is 0.990. The average Bonchev–Trinajstić information content (AvgIpc) is 2.38. The predicted octanol–water partition coefficient (Wildman–Crippen LogP) is 5.04. The minimum atomic E-state index is 0.720. The van der Waals surface area contributed by atoms with Gasteiger partial charge in [0, 0.05) is 5.03 Å². The molecule has 2 rings (SSSR count). The monoisotopic (exact) mass is 242 g/mol. The number of rotatable bonds is 4. The van der Waals surface area contributed by atoms with Gasteiger partial charge in [-0.25, -0.2) is 0 Å². The number of aryl methyl sites for hydroxylation is 1. The Bertz CT molecular complexity index is 483. The lowest BCUT2D eigenvalue weighted by Gasteiger charge is -2.04.